The number of furan rings is 1. The van der Waals surface area contributed by atoms with Crippen LogP contribution >= 0.6 is 0 Å². The lowest BCUT2D eigenvalue weighted by molar-refractivity contribution is 0.465. The lowest BCUT2D eigenvalue weighted by Crippen LogP contribution is -2.24. The Kier molecular flexibility index (Phi) is 4.71. The zero-order valence-corrected chi connectivity index (χ0v) is 13.0. The fourth-order valence-electron chi connectivity index (χ4n) is 1.81. The van der Waals surface area contributed by atoms with Crippen LogP contribution in [0.1, 0.15) is 22.9 Å². The predicted octanol–water partition coefficient (Wildman–Crippen LogP) is 0.884. The zero-order valence-electron chi connectivity index (χ0n) is 12.2. The molecule has 0 radical (unpaired) electrons. The Morgan fingerprint density at radius 3 is 2.57 bits per heavy atom. The molecule has 0 saturated carbocycles. The number of nitrogens with zero attached hydrogens (tertiary/aromatic N) is 2. The number of nitrogens with one attached hydrogen (secondary N) is 2. The number of hydrogen-bond donors (Lipinski definition) is 2. The molecule has 0 aromatic carbocycles. The first-order valence-electron chi connectivity index (χ1n) is 6.43. The summed E-state index contributed by atoms with van der Waals surface area (Å²) in [7, 11) is -1.87. The van der Waals surface area contributed by atoms with Gasteiger partial charge in [-0.15, -0.1) is 0 Å². The molecule has 2 aromatic heterocycles. The van der Waals surface area contributed by atoms with Crippen molar-refractivity contribution in [1.29, 1.82) is 0 Å². The van der Waals surface area contributed by atoms with Crippen molar-refractivity contribution in [3.63, 3.8) is 0 Å². The number of rotatable bonds is 6. The maximum atomic E-state index is 12.3. The number of hydrogen-bond acceptors (Lipinski definition) is 6. The first kappa shape index (κ1) is 15.6. The van der Waals surface area contributed by atoms with Gasteiger partial charge in [0, 0.05) is 12.3 Å². The van der Waals surface area contributed by atoms with E-state index in [9.17, 15) is 8.42 Å². The average molecular weight is 310 g/mol. The molecule has 0 saturated heterocycles. The second kappa shape index (κ2) is 6.33. The van der Waals surface area contributed by atoms with Crippen molar-refractivity contribution < 1.29 is 12.8 Å². The maximum absolute atomic E-state index is 12.3. The number of sulfonamides is 1. The van der Waals surface area contributed by atoms with Crippen molar-refractivity contribution in [2.24, 2.45) is 0 Å². The van der Waals surface area contributed by atoms with Gasteiger partial charge < -0.3 is 9.73 Å². The van der Waals surface area contributed by atoms with Crippen LogP contribution in [0.25, 0.3) is 0 Å². The summed E-state index contributed by atoms with van der Waals surface area (Å²) in [5.74, 6) is 0.938. The first-order valence-corrected chi connectivity index (χ1v) is 7.92. The highest BCUT2D eigenvalue weighted by Gasteiger charge is 2.21. The molecule has 114 valence electrons. The van der Waals surface area contributed by atoms with Gasteiger partial charge in [-0.25, -0.2) is 13.1 Å². The van der Waals surface area contributed by atoms with Crippen LogP contribution < -0.4 is 10.0 Å². The highest BCUT2D eigenvalue weighted by atomic mass is 32.2. The summed E-state index contributed by atoms with van der Waals surface area (Å²) in [6, 6.07) is 1.52. The first-order chi connectivity index (χ1) is 9.92. The molecule has 2 rings (SSSR count). The van der Waals surface area contributed by atoms with Gasteiger partial charge in [0.2, 0.25) is 10.0 Å². The van der Waals surface area contributed by atoms with Gasteiger partial charge in [-0.1, -0.05) is 0 Å². The average Bonchev–Trinajstić information content (AvgIpc) is 2.80. The number of aromatic nitrogens is 2. The molecular formula is C13H18N4O3S. The second-order valence-electron chi connectivity index (χ2n) is 4.64. The van der Waals surface area contributed by atoms with E-state index >= 15 is 0 Å². The standard InChI is InChI=1S/C13H18N4O3S/c1-9-5-16-11(6-15-9)7-17-21(18,19)13-4-12(8-14-3)20-10(13)2/h4-6,14,17H,7-8H2,1-3H3. The van der Waals surface area contributed by atoms with Crippen molar-refractivity contribution in [3.8, 4) is 0 Å². The minimum Gasteiger partial charge on any atom is -0.464 e. The fourth-order valence-corrected chi connectivity index (χ4v) is 3.01. The third kappa shape index (κ3) is 3.87. The van der Waals surface area contributed by atoms with E-state index in [0.717, 1.165) is 5.69 Å². The van der Waals surface area contributed by atoms with Crippen LogP contribution in [0.15, 0.2) is 27.8 Å². The molecule has 0 aliphatic carbocycles. The van der Waals surface area contributed by atoms with Crippen molar-refractivity contribution in [1.82, 2.24) is 20.0 Å². The van der Waals surface area contributed by atoms with Crippen LogP contribution in [-0.4, -0.2) is 25.4 Å². The molecule has 0 amide bonds. The van der Waals surface area contributed by atoms with Gasteiger partial charge in [-0.2, -0.15) is 0 Å². The van der Waals surface area contributed by atoms with Gasteiger partial charge in [-0.3, -0.25) is 9.97 Å². The minimum absolute atomic E-state index is 0.0849. The Bertz CT molecular complexity index is 708. The van der Waals surface area contributed by atoms with E-state index in [-0.39, 0.29) is 11.4 Å². The van der Waals surface area contributed by atoms with Gasteiger partial charge in [0.25, 0.3) is 0 Å². The molecule has 21 heavy (non-hydrogen) atoms. The van der Waals surface area contributed by atoms with Crippen LogP contribution in [0.3, 0.4) is 0 Å². The Morgan fingerprint density at radius 2 is 1.95 bits per heavy atom. The zero-order chi connectivity index (χ0) is 15.5. The lowest BCUT2D eigenvalue weighted by atomic mass is 10.4. The molecule has 8 heteroatoms. The molecule has 0 aliphatic heterocycles. The van der Waals surface area contributed by atoms with E-state index in [2.05, 4.69) is 20.0 Å². The summed E-state index contributed by atoms with van der Waals surface area (Å²) in [6.45, 7) is 4.00. The largest absolute Gasteiger partial charge is 0.464 e. The molecule has 0 fully saturated rings. The fraction of sp³-hybridized carbons (Fsp3) is 0.385. The van der Waals surface area contributed by atoms with Gasteiger partial charge in [-0.05, 0) is 20.9 Å². The van der Waals surface area contributed by atoms with Gasteiger partial charge in [0.15, 0.2) is 0 Å². The van der Waals surface area contributed by atoms with Crippen LogP contribution in [0.5, 0.6) is 0 Å². The van der Waals surface area contributed by atoms with E-state index < -0.39 is 10.0 Å². The Balaban J connectivity index is 2.12. The summed E-state index contributed by atoms with van der Waals surface area (Å²) >= 11 is 0. The minimum atomic E-state index is -3.64. The normalized spacial score (nSPS) is 11.8. The molecule has 0 atom stereocenters. The van der Waals surface area contributed by atoms with Crippen LogP contribution in [0.2, 0.25) is 0 Å². The molecule has 0 spiro atoms. The Hall–Kier alpha value is -1.77. The van der Waals surface area contributed by atoms with Gasteiger partial charge in [0.1, 0.15) is 16.4 Å². The third-order valence-corrected chi connectivity index (χ3v) is 4.35. The van der Waals surface area contributed by atoms with Gasteiger partial charge >= 0.3 is 0 Å². The molecule has 0 bridgehead atoms. The third-order valence-electron chi connectivity index (χ3n) is 2.84. The van der Waals surface area contributed by atoms with Crippen molar-refractivity contribution in [2.75, 3.05) is 7.05 Å². The van der Waals surface area contributed by atoms with Gasteiger partial charge in [0.05, 0.1) is 30.7 Å². The smallest absolute Gasteiger partial charge is 0.244 e. The molecule has 2 aromatic rings. The predicted molar refractivity (Wildman–Crippen MR) is 77.0 cm³/mol. The Morgan fingerprint density at radius 1 is 1.19 bits per heavy atom. The quantitative estimate of drug-likeness (QED) is 0.822. The molecule has 0 aliphatic rings. The van der Waals surface area contributed by atoms with Crippen LogP contribution in [0, 0.1) is 13.8 Å². The lowest BCUT2D eigenvalue weighted by Gasteiger charge is -2.05. The highest BCUT2D eigenvalue weighted by molar-refractivity contribution is 7.89. The van der Waals surface area contributed by atoms with Crippen molar-refractivity contribution >= 4 is 10.0 Å². The summed E-state index contributed by atoms with van der Waals surface area (Å²) in [5, 5.41) is 2.91. The summed E-state index contributed by atoms with van der Waals surface area (Å²) in [4.78, 5) is 8.33. The second-order valence-corrected chi connectivity index (χ2v) is 6.37. The topological polar surface area (TPSA) is 97.1 Å². The summed E-state index contributed by atoms with van der Waals surface area (Å²) < 4.78 is 32.4. The van der Waals surface area contributed by atoms with E-state index in [1.165, 1.54) is 6.07 Å². The molecule has 2 heterocycles. The summed E-state index contributed by atoms with van der Waals surface area (Å²) in [5.41, 5.74) is 1.34. The number of aryl methyl sites for hydroxylation is 2. The van der Waals surface area contributed by atoms with Crippen LogP contribution in [-0.2, 0) is 23.1 Å². The monoisotopic (exact) mass is 310 g/mol. The molecule has 2 N–H and O–H groups in total. The van der Waals surface area contributed by atoms with E-state index in [4.69, 9.17) is 4.42 Å². The SMILES string of the molecule is CNCc1cc(S(=O)(=O)NCc2cnc(C)cn2)c(C)o1. The molecular weight excluding hydrogens is 292 g/mol. The highest BCUT2D eigenvalue weighted by Crippen LogP contribution is 2.20. The van der Waals surface area contributed by atoms with E-state index in [0.29, 0.717) is 23.8 Å². The Labute approximate surface area is 123 Å². The van der Waals surface area contributed by atoms with Crippen LogP contribution in [0.4, 0.5) is 0 Å². The molecule has 0 unspecified atom stereocenters. The van der Waals surface area contributed by atoms with Crippen molar-refractivity contribution in [2.45, 2.75) is 31.8 Å². The van der Waals surface area contributed by atoms with Crippen molar-refractivity contribution in [3.05, 3.63) is 41.4 Å². The summed E-state index contributed by atoms with van der Waals surface area (Å²) in [6.07, 6.45) is 3.14. The van der Waals surface area contributed by atoms with E-state index in [1.807, 2.05) is 6.92 Å². The van der Waals surface area contributed by atoms with E-state index in [1.54, 1.807) is 26.4 Å². The molecule has 7 nitrogen and oxygen atoms in total. The maximum Gasteiger partial charge on any atom is 0.244 e.